The molecule has 1 aromatic heterocycles. The largest absolute Gasteiger partial charge is 0.573 e. The van der Waals surface area contributed by atoms with E-state index in [1.165, 1.54) is 12.1 Å². The Balaban J connectivity index is 1.61. The molecule has 2 aromatic rings. The first-order valence-corrected chi connectivity index (χ1v) is 8.60. The molecule has 27 heavy (non-hydrogen) atoms. The SMILES string of the molecule is CO[C@@H]1CCN(c2cc(C3=NCc4ccc(OC(F)(F)F)cc43)ccn2)C1. The van der Waals surface area contributed by atoms with Crippen LogP contribution in [0.3, 0.4) is 0 Å². The summed E-state index contributed by atoms with van der Waals surface area (Å²) in [6.45, 7) is 2.05. The summed E-state index contributed by atoms with van der Waals surface area (Å²) in [6, 6.07) is 8.07. The Labute approximate surface area is 154 Å². The highest BCUT2D eigenvalue weighted by Crippen LogP contribution is 2.31. The van der Waals surface area contributed by atoms with Crippen molar-refractivity contribution in [2.45, 2.75) is 25.4 Å². The van der Waals surface area contributed by atoms with Crippen LogP contribution in [0.4, 0.5) is 19.0 Å². The van der Waals surface area contributed by atoms with Gasteiger partial charge >= 0.3 is 6.36 Å². The van der Waals surface area contributed by atoms with E-state index in [2.05, 4.69) is 19.6 Å². The molecule has 0 bridgehead atoms. The number of benzene rings is 1. The monoisotopic (exact) mass is 377 g/mol. The van der Waals surface area contributed by atoms with Crippen molar-refractivity contribution in [1.29, 1.82) is 0 Å². The van der Waals surface area contributed by atoms with Gasteiger partial charge in [-0.15, -0.1) is 13.2 Å². The van der Waals surface area contributed by atoms with Crippen molar-refractivity contribution in [3.63, 3.8) is 0 Å². The fourth-order valence-corrected chi connectivity index (χ4v) is 3.47. The summed E-state index contributed by atoms with van der Waals surface area (Å²) in [6.07, 6.45) is -1.91. The predicted octanol–water partition coefficient (Wildman–Crippen LogP) is 3.56. The van der Waals surface area contributed by atoms with Gasteiger partial charge in [0.25, 0.3) is 0 Å². The van der Waals surface area contributed by atoms with Crippen LogP contribution in [0.2, 0.25) is 0 Å². The summed E-state index contributed by atoms with van der Waals surface area (Å²) in [5, 5.41) is 0. The number of nitrogens with zero attached hydrogens (tertiary/aromatic N) is 3. The van der Waals surface area contributed by atoms with Crippen molar-refractivity contribution >= 4 is 11.5 Å². The van der Waals surface area contributed by atoms with Gasteiger partial charge in [0.15, 0.2) is 0 Å². The zero-order chi connectivity index (χ0) is 19.0. The van der Waals surface area contributed by atoms with Crippen molar-refractivity contribution in [3.05, 3.63) is 53.2 Å². The van der Waals surface area contributed by atoms with Gasteiger partial charge < -0.3 is 14.4 Å². The van der Waals surface area contributed by atoms with Crippen LogP contribution in [0.5, 0.6) is 5.75 Å². The average Bonchev–Trinajstić information content (AvgIpc) is 3.27. The van der Waals surface area contributed by atoms with Gasteiger partial charge in [-0.2, -0.15) is 0 Å². The number of anilines is 1. The maximum atomic E-state index is 12.5. The molecule has 0 amide bonds. The normalized spacial score (nSPS) is 19.2. The van der Waals surface area contributed by atoms with E-state index in [4.69, 9.17) is 4.74 Å². The van der Waals surface area contributed by atoms with Gasteiger partial charge in [0, 0.05) is 37.5 Å². The van der Waals surface area contributed by atoms with Crippen molar-refractivity contribution in [3.8, 4) is 5.75 Å². The van der Waals surface area contributed by atoms with Crippen molar-refractivity contribution in [2.75, 3.05) is 25.1 Å². The molecule has 142 valence electrons. The van der Waals surface area contributed by atoms with Gasteiger partial charge in [-0.25, -0.2) is 4.98 Å². The van der Waals surface area contributed by atoms with Crippen LogP contribution in [0.1, 0.15) is 23.1 Å². The fraction of sp³-hybridized carbons (Fsp3) is 0.368. The molecule has 0 spiro atoms. The van der Waals surface area contributed by atoms with Crippen LogP contribution in [0.15, 0.2) is 41.5 Å². The van der Waals surface area contributed by atoms with Crippen LogP contribution < -0.4 is 9.64 Å². The Hall–Kier alpha value is -2.61. The predicted molar refractivity (Wildman–Crippen MR) is 94.3 cm³/mol. The molecule has 1 atom stereocenters. The topological polar surface area (TPSA) is 47.0 Å². The number of hydrogen-bond donors (Lipinski definition) is 0. The highest BCUT2D eigenvalue weighted by atomic mass is 19.4. The molecule has 0 radical (unpaired) electrons. The third-order valence-corrected chi connectivity index (χ3v) is 4.80. The van der Waals surface area contributed by atoms with E-state index in [0.717, 1.165) is 36.5 Å². The number of rotatable bonds is 4. The molecule has 0 aliphatic carbocycles. The number of fused-ring (bicyclic) bond motifs is 1. The van der Waals surface area contributed by atoms with E-state index in [1.54, 1.807) is 19.4 Å². The summed E-state index contributed by atoms with van der Waals surface area (Å²) in [7, 11) is 1.70. The van der Waals surface area contributed by atoms with E-state index in [9.17, 15) is 13.2 Å². The number of halogens is 3. The van der Waals surface area contributed by atoms with Gasteiger partial charge in [-0.3, -0.25) is 4.99 Å². The summed E-state index contributed by atoms with van der Waals surface area (Å²) in [5.74, 6) is 0.568. The van der Waals surface area contributed by atoms with E-state index < -0.39 is 6.36 Å². The van der Waals surface area contributed by atoms with Crippen LogP contribution >= 0.6 is 0 Å². The third kappa shape index (κ3) is 3.75. The minimum Gasteiger partial charge on any atom is -0.406 e. The average molecular weight is 377 g/mol. The van der Waals surface area contributed by atoms with Gasteiger partial charge in [-0.05, 0) is 36.2 Å². The lowest BCUT2D eigenvalue weighted by Crippen LogP contribution is -2.23. The number of methoxy groups -OCH3 is 1. The highest BCUT2D eigenvalue weighted by molar-refractivity contribution is 6.15. The van der Waals surface area contributed by atoms with Crippen molar-refractivity contribution in [2.24, 2.45) is 4.99 Å². The molecule has 0 N–H and O–H groups in total. The molecule has 1 saturated heterocycles. The molecule has 2 aliphatic rings. The standard InChI is InChI=1S/C19H18F3N3O2/c1-26-15-5-7-25(11-15)17-8-12(4-6-23-17)18-16-9-14(27-19(20,21)22)3-2-13(16)10-24-18/h2-4,6,8-9,15H,5,7,10-11H2,1H3/t15-/m1/s1. The van der Waals surface area contributed by atoms with E-state index in [-0.39, 0.29) is 11.9 Å². The first-order chi connectivity index (χ1) is 12.9. The number of aromatic nitrogens is 1. The molecule has 4 rings (SSSR count). The Morgan fingerprint density at radius 3 is 2.78 bits per heavy atom. The lowest BCUT2D eigenvalue weighted by Gasteiger charge is -2.18. The zero-order valence-corrected chi connectivity index (χ0v) is 14.7. The molecule has 1 aromatic carbocycles. The van der Waals surface area contributed by atoms with Gasteiger partial charge in [0.2, 0.25) is 0 Å². The Morgan fingerprint density at radius 1 is 1.19 bits per heavy atom. The maximum Gasteiger partial charge on any atom is 0.573 e. The lowest BCUT2D eigenvalue weighted by molar-refractivity contribution is -0.274. The Bertz CT molecular complexity index is 883. The summed E-state index contributed by atoms with van der Waals surface area (Å²) < 4.78 is 47.0. The van der Waals surface area contributed by atoms with Crippen LogP contribution in [-0.2, 0) is 11.3 Å². The number of pyridine rings is 1. The summed E-state index contributed by atoms with van der Waals surface area (Å²) in [4.78, 5) is 11.1. The second-order valence-electron chi connectivity index (χ2n) is 6.53. The second kappa shape index (κ2) is 6.84. The van der Waals surface area contributed by atoms with E-state index in [0.29, 0.717) is 17.8 Å². The molecule has 1 fully saturated rings. The van der Waals surface area contributed by atoms with Crippen LogP contribution in [0.25, 0.3) is 0 Å². The molecule has 3 heterocycles. The van der Waals surface area contributed by atoms with E-state index in [1.807, 2.05) is 12.1 Å². The van der Waals surface area contributed by atoms with Crippen molar-refractivity contribution < 1.29 is 22.6 Å². The van der Waals surface area contributed by atoms with Crippen molar-refractivity contribution in [1.82, 2.24) is 4.98 Å². The third-order valence-electron chi connectivity index (χ3n) is 4.80. The first-order valence-electron chi connectivity index (χ1n) is 8.60. The highest BCUT2D eigenvalue weighted by Gasteiger charge is 2.32. The maximum absolute atomic E-state index is 12.5. The minimum atomic E-state index is -4.72. The molecule has 2 aliphatic heterocycles. The number of hydrogen-bond acceptors (Lipinski definition) is 5. The van der Waals surface area contributed by atoms with Crippen LogP contribution in [0, 0.1) is 0 Å². The molecule has 8 heteroatoms. The fourth-order valence-electron chi connectivity index (χ4n) is 3.47. The Morgan fingerprint density at radius 2 is 2.04 bits per heavy atom. The van der Waals surface area contributed by atoms with Crippen LogP contribution in [-0.4, -0.2) is 43.4 Å². The summed E-state index contributed by atoms with van der Waals surface area (Å²) >= 11 is 0. The lowest BCUT2D eigenvalue weighted by atomic mass is 10.0. The second-order valence-corrected chi connectivity index (χ2v) is 6.53. The molecule has 0 saturated carbocycles. The first kappa shape index (κ1) is 17.8. The van der Waals surface area contributed by atoms with E-state index >= 15 is 0 Å². The van der Waals surface area contributed by atoms with Gasteiger partial charge in [0.1, 0.15) is 11.6 Å². The number of aliphatic imine (C=N–C) groups is 1. The molecular weight excluding hydrogens is 359 g/mol. The molecule has 0 unspecified atom stereocenters. The minimum absolute atomic E-state index is 0.182. The Kier molecular flexibility index (Phi) is 4.51. The zero-order valence-electron chi connectivity index (χ0n) is 14.7. The molecule has 5 nitrogen and oxygen atoms in total. The quantitative estimate of drug-likeness (QED) is 0.818. The van der Waals surface area contributed by atoms with Gasteiger partial charge in [0.05, 0.1) is 18.4 Å². The smallest absolute Gasteiger partial charge is 0.406 e. The molecular formula is C19H18F3N3O2. The number of ether oxygens (including phenoxy) is 2. The van der Waals surface area contributed by atoms with Gasteiger partial charge in [-0.1, -0.05) is 6.07 Å². The summed E-state index contributed by atoms with van der Waals surface area (Å²) in [5.41, 5.74) is 3.01. The number of alkyl halides is 3.